The Bertz CT molecular complexity index is 511. The van der Waals surface area contributed by atoms with Crippen molar-refractivity contribution < 1.29 is 0 Å². The molecule has 0 heterocycles. The normalized spacial score (nSPS) is 17.8. The van der Waals surface area contributed by atoms with Crippen LogP contribution in [-0.4, -0.2) is 0 Å². The molecule has 0 spiro atoms. The number of rotatable bonds is 4. The summed E-state index contributed by atoms with van der Waals surface area (Å²) >= 11 is 0. The van der Waals surface area contributed by atoms with Gasteiger partial charge in [0.05, 0.1) is 0 Å². The molecule has 2 rings (SSSR count). The lowest BCUT2D eigenvalue weighted by Gasteiger charge is -2.23. The predicted octanol–water partition coefficient (Wildman–Crippen LogP) is 5.70. The highest BCUT2D eigenvalue weighted by molar-refractivity contribution is 5.83. The van der Waals surface area contributed by atoms with Crippen molar-refractivity contribution in [1.29, 1.82) is 0 Å². The zero-order valence-electron chi connectivity index (χ0n) is 12.3. The minimum absolute atomic E-state index is 0.783. The largest absolute Gasteiger partial charge is 0.0871 e. The minimum Gasteiger partial charge on any atom is -0.0871 e. The molecule has 0 radical (unpaired) electrons. The first-order valence-electron chi connectivity index (χ1n) is 7.33. The zero-order chi connectivity index (χ0) is 13.7. The summed E-state index contributed by atoms with van der Waals surface area (Å²) in [6.45, 7) is 6.43. The molecule has 0 saturated heterocycles. The van der Waals surface area contributed by atoms with Gasteiger partial charge in [0.1, 0.15) is 0 Å². The van der Waals surface area contributed by atoms with Crippen LogP contribution in [0.25, 0.3) is 5.57 Å². The fourth-order valence-electron chi connectivity index (χ4n) is 2.63. The molecular formula is C19H24. The number of aryl methyl sites for hydroxylation is 1. The maximum absolute atomic E-state index is 2.46. The van der Waals surface area contributed by atoms with E-state index in [1.54, 1.807) is 0 Å². The van der Waals surface area contributed by atoms with Crippen molar-refractivity contribution in [3.05, 3.63) is 65.3 Å². The van der Waals surface area contributed by atoms with Crippen molar-refractivity contribution in [3.8, 4) is 0 Å². The molecular weight excluding hydrogens is 228 g/mol. The molecule has 1 fully saturated rings. The molecule has 1 aliphatic rings. The monoisotopic (exact) mass is 252 g/mol. The van der Waals surface area contributed by atoms with Gasteiger partial charge in [0.2, 0.25) is 0 Å². The fourth-order valence-corrected chi connectivity index (χ4v) is 2.63. The van der Waals surface area contributed by atoms with Crippen molar-refractivity contribution in [1.82, 2.24) is 0 Å². The summed E-state index contributed by atoms with van der Waals surface area (Å²) in [5.74, 6) is 0.783. The highest BCUT2D eigenvalue weighted by Gasteiger charge is 2.16. The fraction of sp³-hybridized carbons (Fsp3) is 0.368. The van der Waals surface area contributed by atoms with E-state index < -0.39 is 0 Å². The van der Waals surface area contributed by atoms with Crippen LogP contribution >= 0.6 is 0 Å². The van der Waals surface area contributed by atoms with Crippen LogP contribution in [0.2, 0.25) is 0 Å². The van der Waals surface area contributed by atoms with Gasteiger partial charge in [-0.1, -0.05) is 55.0 Å². The topological polar surface area (TPSA) is 0 Å². The number of benzene rings is 1. The van der Waals surface area contributed by atoms with Gasteiger partial charge in [0, 0.05) is 0 Å². The molecule has 0 unspecified atom stereocenters. The first kappa shape index (κ1) is 13.9. The van der Waals surface area contributed by atoms with E-state index in [0.717, 1.165) is 5.92 Å². The quantitative estimate of drug-likeness (QED) is 0.603. The Labute approximate surface area is 117 Å². The molecule has 19 heavy (non-hydrogen) atoms. The van der Waals surface area contributed by atoms with Crippen LogP contribution in [0.3, 0.4) is 0 Å². The van der Waals surface area contributed by atoms with Crippen molar-refractivity contribution in [2.24, 2.45) is 5.92 Å². The molecule has 0 atom stereocenters. The second-order valence-electron chi connectivity index (χ2n) is 5.33. The average Bonchev–Trinajstić information content (AvgIpc) is 2.36. The smallest absolute Gasteiger partial charge is 0.0152 e. The van der Waals surface area contributed by atoms with E-state index in [-0.39, 0.29) is 0 Å². The summed E-state index contributed by atoms with van der Waals surface area (Å²) in [4.78, 5) is 0. The minimum atomic E-state index is 0.783. The first-order chi connectivity index (χ1) is 9.26. The van der Waals surface area contributed by atoms with Gasteiger partial charge in [-0.15, -0.1) is 0 Å². The Morgan fingerprint density at radius 3 is 2.42 bits per heavy atom. The van der Waals surface area contributed by atoms with E-state index in [0.29, 0.717) is 0 Å². The molecule has 1 aromatic carbocycles. The molecule has 0 heteroatoms. The van der Waals surface area contributed by atoms with E-state index in [4.69, 9.17) is 0 Å². The van der Waals surface area contributed by atoms with Crippen LogP contribution in [0.5, 0.6) is 0 Å². The predicted molar refractivity (Wildman–Crippen MR) is 85.1 cm³/mol. The van der Waals surface area contributed by atoms with Crippen LogP contribution < -0.4 is 0 Å². The lowest BCUT2D eigenvalue weighted by Crippen LogP contribution is -2.08. The summed E-state index contributed by atoms with van der Waals surface area (Å²) in [6.07, 6.45) is 13.2. The average molecular weight is 252 g/mol. The molecule has 1 saturated carbocycles. The third-order valence-electron chi connectivity index (χ3n) is 3.95. The van der Waals surface area contributed by atoms with E-state index in [2.05, 4.69) is 69.3 Å². The van der Waals surface area contributed by atoms with E-state index in [1.807, 2.05) is 0 Å². The highest BCUT2D eigenvalue weighted by Crippen LogP contribution is 2.33. The lowest BCUT2D eigenvalue weighted by atomic mass is 9.82. The summed E-state index contributed by atoms with van der Waals surface area (Å²) in [5, 5.41) is 0. The van der Waals surface area contributed by atoms with Crippen LogP contribution in [0.15, 0.2) is 54.1 Å². The van der Waals surface area contributed by atoms with Gasteiger partial charge >= 0.3 is 0 Å². The molecule has 0 amide bonds. The Morgan fingerprint density at radius 2 is 1.89 bits per heavy atom. The number of allylic oxidation sites excluding steroid dienone is 6. The number of hydrogen-bond donors (Lipinski definition) is 0. The first-order valence-corrected chi connectivity index (χ1v) is 7.33. The van der Waals surface area contributed by atoms with E-state index >= 15 is 0 Å². The summed E-state index contributed by atoms with van der Waals surface area (Å²) in [5.41, 5.74) is 5.44. The molecule has 0 nitrogen and oxygen atoms in total. The van der Waals surface area contributed by atoms with Crippen molar-refractivity contribution in [2.45, 2.75) is 40.0 Å². The van der Waals surface area contributed by atoms with Gasteiger partial charge < -0.3 is 0 Å². The third-order valence-corrected chi connectivity index (χ3v) is 3.95. The van der Waals surface area contributed by atoms with Crippen molar-refractivity contribution >= 4 is 5.57 Å². The summed E-state index contributed by atoms with van der Waals surface area (Å²) in [6, 6.07) is 8.65. The van der Waals surface area contributed by atoms with Crippen molar-refractivity contribution in [2.75, 3.05) is 0 Å². The zero-order valence-corrected chi connectivity index (χ0v) is 12.3. The molecule has 0 aromatic heterocycles. The standard InChI is InChI=1S/C19H24/c1-4-9-17(14-16-11-8-12-16)18(5-2)19-13-7-6-10-15(19)3/h4-7,9-10,13-14,16H,8,11-12H2,1-3H3/b9-4-,17-14+,18-5-. The SMILES string of the molecule is C\C=C/C(=C\C1CCC1)C(=C/C)/c1ccccc1C. The summed E-state index contributed by atoms with van der Waals surface area (Å²) < 4.78 is 0. The van der Waals surface area contributed by atoms with Gasteiger partial charge in [0.25, 0.3) is 0 Å². The van der Waals surface area contributed by atoms with E-state index in [9.17, 15) is 0 Å². The molecule has 0 bridgehead atoms. The molecule has 1 aliphatic carbocycles. The molecule has 0 aliphatic heterocycles. The van der Waals surface area contributed by atoms with Crippen LogP contribution in [0, 0.1) is 12.8 Å². The number of hydrogen-bond acceptors (Lipinski definition) is 0. The van der Waals surface area contributed by atoms with Gasteiger partial charge in [0.15, 0.2) is 0 Å². The van der Waals surface area contributed by atoms with Gasteiger partial charge in [-0.2, -0.15) is 0 Å². The van der Waals surface area contributed by atoms with Gasteiger partial charge in [-0.25, -0.2) is 0 Å². The Balaban J connectivity index is 2.38. The molecule has 100 valence electrons. The second kappa shape index (κ2) is 6.56. The van der Waals surface area contributed by atoms with Gasteiger partial charge in [-0.05, 0) is 61.8 Å². The molecule has 1 aromatic rings. The second-order valence-corrected chi connectivity index (χ2v) is 5.33. The van der Waals surface area contributed by atoms with Crippen LogP contribution in [0.1, 0.15) is 44.2 Å². The van der Waals surface area contributed by atoms with Crippen LogP contribution in [0.4, 0.5) is 0 Å². The Morgan fingerprint density at radius 1 is 1.16 bits per heavy atom. The Hall–Kier alpha value is -1.56. The Kier molecular flexibility index (Phi) is 4.79. The summed E-state index contributed by atoms with van der Waals surface area (Å²) in [7, 11) is 0. The van der Waals surface area contributed by atoms with Crippen molar-refractivity contribution in [3.63, 3.8) is 0 Å². The van der Waals surface area contributed by atoms with Gasteiger partial charge in [-0.3, -0.25) is 0 Å². The lowest BCUT2D eigenvalue weighted by molar-refractivity contribution is 0.387. The van der Waals surface area contributed by atoms with E-state index in [1.165, 1.54) is 41.5 Å². The third kappa shape index (κ3) is 3.26. The maximum Gasteiger partial charge on any atom is -0.0152 e. The molecule has 0 N–H and O–H groups in total. The maximum atomic E-state index is 2.46. The highest BCUT2D eigenvalue weighted by atomic mass is 14.2. The van der Waals surface area contributed by atoms with Crippen LogP contribution in [-0.2, 0) is 0 Å².